The molecule has 0 aliphatic carbocycles. The van der Waals surface area contributed by atoms with Gasteiger partial charge in [0.2, 0.25) is 0 Å². The van der Waals surface area contributed by atoms with Crippen molar-refractivity contribution in [3.63, 3.8) is 0 Å². The summed E-state index contributed by atoms with van der Waals surface area (Å²) in [4.78, 5) is 23.9. The van der Waals surface area contributed by atoms with Crippen molar-refractivity contribution in [3.8, 4) is 5.75 Å². The Bertz CT molecular complexity index is 436. The summed E-state index contributed by atoms with van der Waals surface area (Å²) in [7, 11) is 2.92. The number of ketones is 1. The monoisotopic (exact) mass is 278 g/mol. The minimum atomic E-state index is -0.651. The largest absolute Gasteiger partial charge is 0.497 e. The van der Waals surface area contributed by atoms with Crippen LogP contribution in [-0.4, -0.2) is 26.0 Å². The molecule has 0 amide bonds. The van der Waals surface area contributed by atoms with Crippen LogP contribution >= 0.6 is 0 Å². The Kier molecular flexibility index (Phi) is 6.77. The molecule has 0 aromatic heterocycles. The van der Waals surface area contributed by atoms with Crippen molar-refractivity contribution in [2.24, 2.45) is 5.92 Å². The van der Waals surface area contributed by atoms with Gasteiger partial charge < -0.3 is 9.47 Å². The van der Waals surface area contributed by atoms with E-state index in [-0.39, 0.29) is 12.2 Å². The lowest BCUT2D eigenvalue weighted by Gasteiger charge is -2.13. The number of carbonyl (C=O) groups is 2. The number of benzene rings is 1. The molecular formula is C16H22O4. The average molecular weight is 278 g/mol. The van der Waals surface area contributed by atoms with Crippen LogP contribution in [0.2, 0.25) is 0 Å². The van der Waals surface area contributed by atoms with Crippen molar-refractivity contribution < 1.29 is 19.1 Å². The maximum absolute atomic E-state index is 12.2. The summed E-state index contributed by atoms with van der Waals surface area (Å²) in [6.45, 7) is 2.03. The lowest BCUT2D eigenvalue weighted by molar-refractivity contribution is -0.149. The summed E-state index contributed by atoms with van der Waals surface area (Å²) < 4.78 is 9.80. The molecule has 1 rings (SSSR count). The van der Waals surface area contributed by atoms with Crippen molar-refractivity contribution in [3.05, 3.63) is 29.8 Å². The molecule has 4 nitrogen and oxygen atoms in total. The molecule has 1 atom stereocenters. The van der Waals surface area contributed by atoms with Crippen LogP contribution in [0.3, 0.4) is 0 Å². The van der Waals surface area contributed by atoms with E-state index in [0.717, 1.165) is 24.2 Å². The van der Waals surface area contributed by atoms with Crippen molar-refractivity contribution in [2.45, 2.75) is 32.6 Å². The van der Waals surface area contributed by atoms with Gasteiger partial charge in [-0.3, -0.25) is 9.59 Å². The van der Waals surface area contributed by atoms with Gasteiger partial charge in [0.1, 0.15) is 11.7 Å². The molecule has 0 saturated carbocycles. The first kappa shape index (κ1) is 16.2. The van der Waals surface area contributed by atoms with Gasteiger partial charge in [-0.05, 0) is 24.1 Å². The van der Waals surface area contributed by atoms with Crippen LogP contribution in [0.4, 0.5) is 0 Å². The molecule has 0 saturated heterocycles. The van der Waals surface area contributed by atoms with Gasteiger partial charge >= 0.3 is 5.97 Å². The van der Waals surface area contributed by atoms with Crippen LogP contribution in [0, 0.1) is 5.92 Å². The van der Waals surface area contributed by atoms with Crippen molar-refractivity contribution in [1.29, 1.82) is 0 Å². The van der Waals surface area contributed by atoms with Gasteiger partial charge in [0, 0.05) is 6.42 Å². The fourth-order valence-electron chi connectivity index (χ4n) is 2.03. The zero-order valence-electron chi connectivity index (χ0n) is 12.3. The highest BCUT2D eigenvalue weighted by molar-refractivity contribution is 5.99. The lowest BCUT2D eigenvalue weighted by Crippen LogP contribution is -2.26. The Balaban J connectivity index is 2.70. The predicted octanol–water partition coefficient (Wildman–Crippen LogP) is 2.79. The molecule has 0 aliphatic rings. The summed E-state index contributed by atoms with van der Waals surface area (Å²) in [5.41, 5.74) is 0.876. The normalized spacial score (nSPS) is 11.8. The molecule has 1 unspecified atom stereocenters. The summed E-state index contributed by atoms with van der Waals surface area (Å²) in [5, 5.41) is 0. The van der Waals surface area contributed by atoms with E-state index in [2.05, 4.69) is 0 Å². The van der Waals surface area contributed by atoms with E-state index in [1.165, 1.54) is 7.11 Å². The smallest absolute Gasteiger partial charge is 0.316 e. The second kappa shape index (κ2) is 8.35. The van der Waals surface area contributed by atoms with Crippen LogP contribution in [-0.2, 0) is 20.7 Å². The zero-order chi connectivity index (χ0) is 15.0. The summed E-state index contributed by atoms with van der Waals surface area (Å²) in [5.74, 6) is -0.425. The molecule has 0 heterocycles. The molecule has 1 aromatic rings. The fraction of sp³-hybridized carbons (Fsp3) is 0.500. The number of rotatable bonds is 8. The predicted molar refractivity (Wildman–Crippen MR) is 76.7 cm³/mol. The lowest BCUT2D eigenvalue weighted by atomic mass is 9.93. The van der Waals surface area contributed by atoms with Crippen LogP contribution in [0.15, 0.2) is 24.3 Å². The van der Waals surface area contributed by atoms with Gasteiger partial charge in [-0.25, -0.2) is 0 Å². The first-order valence-corrected chi connectivity index (χ1v) is 6.85. The second-order valence-electron chi connectivity index (χ2n) is 4.71. The van der Waals surface area contributed by atoms with Crippen LogP contribution in [0.25, 0.3) is 0 Å². The Morgan fingerprint density at radius 2 is 1.80 bits per heavy atom. The summed E-state index contributed by atoms with van der Waals surface area (Å²) in [6, 6.07) is 7.29. The SMILES string of the molecule is CCCCC(C(=O)Cc1ccc(OC)cc1)C(=O)OC. The molecule has 0 bridgehead atoms. The van der Waals surface area contributed by atoms with Crippen LogP contribution < -0.4 is 4.74 Å². The topological polar surface area (TPSA) is 52.6 Å². The van der Waals surface area contributed by atoms with Gasteiger partial charge in [0.25, 0.3) is 0 Å². The van der Waals surface area contributed by atoms with E-state index in [1.807, 2.05) is 31.2 Å². The third kappa shape index (κ3) is 4.68. The van der Waals surface area contributed by atoms with Gasteiger partial charge in [-0.15, -0.1) is 0 Å². The third-order valence-corrected chi connectivity index (χ3v) is 3.26. The maximum atomic E-state index is 12.2. The first-order valence-electron chi connectivity index (χ1n) is 6.85. The van der Waals surface area contributed by atoms with Gasteiger partial charge in [0.05, 0.1) is 14.2 Å². The van der Waals surface area contributed by atoms with E-state index >= 15 is 0 Å². The summed E-state index contributed by atoms with van der Waals surface area (Å²) >= 11 is 0. The molecule has 4 heteroatoms. The maximum Gasteiger partial charge on any atom is 0.316 e. The highest BCUT2D eigenvalue weighted by atomic mass is 16.5. The number of unbranched alkanes of at least 4 members (excludes halogenated alkanes) is 1. The fourth-order valence-corrected chi connectivity index (χ4v) is 2.03. The van der Waals surface area contributed by atoms with Gasteiger partial charge in [0.15, 0.2) is 5.78 Å². The molecule has 0 N–H and O–H groups in total. The van der Waals surface area contributed by atoms with Crippen molar-refractivity contribution in [1.82, 2.24) is 0 Å². The quantitative estimate of drug-likeness (QED) is 0.542. The number of hydrogen-bond acceptors (Lipinski definition) is 4. The molecule has 1 aromatic carbocycles. The number of carbonyl (C=O) groups excluding carboxylic acids is 2. The molecule has 0 spiro atoms. The summed E-state index contributed by atoms with van der Waals surface area (Å²) in [6.07, 6.45) is 2.59. The number of hydrogen-bond donors (Lipinski definition) is 0. The molecule has 0 fully saturated rings. The zero-order valence-corrected chi connectivity index (χ0v) is 12.3. The van der Waals surface area contributed by atoms with Gasteiger partial charge in [-0.2, -0.15) is 0 Å². The van der Waals surface area contributed by atoms with Gasteiger partial charge in [-0.1, -0.05) is 31.9 Å². The van der Waals surface area contributed by atoms with E-state index in [0.29, 0.717) is 6.42 Å². The first-order chi connectivity index (χ1) is 9.62. The molecule has 0 aliphatic heterocycles. The Hall–Kier alpha value is -1.84. The minimum absolute atomic E-state index is 0.0875. The number of esters is 1. The van der Waals surface area contributed by atoms with E-state index in [1.54, 1.807) is 7.11 Å². The van der Waals surface area contributed by atoms with Crippen molar-refractivity contribution in [2.75, 3.05) is 14.2 Å². The number of Topliss-reactive ketones (excluding diaryl/α,β-unsaturated/α-hetero) is 1. The molecular weight excluding hydrogens is 256 g/mol. The molecule has 20 heavy (non-hydrogen) atoms. The van der Waals surface area contributed by atoms with Crippen LogP contribution in [0.1, 0.15) is 31.7 Å². The minimum Gasteiger partial charge on any atom is -0.497 e. The van der Waals surface area contributed by atoms with E-state index in [9.17, 15) is 9.59 Å². The van der Waals surface area contributed by atoms with Crippen LogP contribution in [0.5, 0.6) is 5.75 Å². The molecule has 110 valence electrons. The standard InChI is InChI=1S/C16H22O4/c1-4-5-6-14(16(18)20-3)15(17)11-12-7-9-13(19-2)10-8-12/h7-10,14H,4-6,11H2,1-3H3. The number of methoxy groups -OCH3 is 2. The van der Waals surface area contributed by atoms with E-state index < -0.39 is 11.9 Å². The number of ether oxygens (including phenoxy) is 2. The molecule has 0 radical (unpaired) electrons. The van der Waals surface area contributed by atoms with Crippen molar-refractivity contribution >= 4 is 11.8 Å². The Morgan fingerprint density at radius 1 is 1.15 bits per heavy atom. The highest BCUT2D eigenvalue weighted by Crippen LogP contribution is 2.17. The highest BCUT2D eigenvalue weighted by Gasteiger charge is 2.26. The van der Waals surface area contributed by atoms with E-state index in [4.69, 9.17) is 9.47 Å². The Labute approximate surface area is 120 Å². The second-order valence-corrected chi connectivity index (χ2v) is 4.71. The third-order valence-electron chi connectivity index (χ3n) is 3.26. The average Bonchev–Trinajstić information content (AvgIpc) is 2.48. The Morgan fingerprint density at radius 3 is 2.30 bits per heavy atom.